The van der Waals surface area contributed by atoms with Crippen LogP contribution in [0.5, 0.6) is 5.75 Å². The number of nitrogens with one attached hydrogen (secondary N) is 1. The first kappa shape index (κ1) is 15.2. The summed E-state index contributed by atoms with van der Waals surface area (Å²) >= 11 is 12.7. The number of hydrogen-bond acceptors (Lipinski definition) is 2. The molecular weight excluding hydrogens is 293 g/mol. The van der Waals surface area contributed by atoms with Crippen molar-refractivity contribution in [1.82, 2.24) is 5.32 Å². The zero-order valence-electron chi connectivity index (χ0n) is 11.5. The van der Waals surface area contributed by atoms with E-state index in [0.717, 1.165) is 23.4 Å². The Morgan fingerprint density at radius 2 is 1.75 bits per heavy atom. The predicted octanol–water partition coefficient (Wildman–Crippen LogP) is 4.70. The van der Waals surface area contributed by atoms with E-state index in [0.29, 0.717) is 10.0 Å². The van der Waals surface area contributed by atoms with Crippen molar-refractivity contribution in [1.29, 1.82) is 0 Å². The summed E-state index contributed by atoms with van der Waals surface area (Å²) in [5.41, 5.74) is 1.96. The van der Waals surface area contributed by atoms with E-state index in [4.69, 9.17) is 27.9 Å². The van der Waals surface area contributed by atoms with Gasteiger partial charge in [-0.15, -0.1) is 0 Å². The minimum absolute atomic E-state index is 0.0590. The zero-order valence-corrected chi connectivity index (χ0v) is 13.0. The molecule has 0 aromatic heterocycles. The van der Waals surface area contributed by atoms with Crippen LogP contribution >= 0.6 is 23.2 Å². The highest BCUT2D eigenvalue weighted by molar-refractivity contribution is 6.36. The number of halogens is 2. The lowest BCUT2D eigenvalue weighted by Crippen LogP contribution is -2.22. The molecule has 2 aromatic rings. The number of methoxy groups -OCH3 is 1. The molecule has 0 aliphatic heterocycles. The second-order valence-corrected chi connectivity index (χ2v) is 5.22. The Kier molecular flexibility index (Phi) is 5.30. The average molecular weight is 310 g/mol. The maximum atomic E-state index is 6.33. The monoisotopic (exact) mass is 309 g/mol. The maximum absolute atomic E-state index is 6.33. The van der Waals surface area contributed by atoms with Gasteiger partial charge in [0.15, 0.2) is 0 Å². The molecule has 4 heteroatoms. The van der Waals surface area contributed by atoms with Gasteiger partial charge in [0.25, 0.3) is 0 Å². The highest BCUT2D eigenvalue weighted by atomic mass is 35.5. The van der Waals surface area contributed by atoms with Crippen molar-refractivity contribution < 1.29 is 4.74 Å². The van der Waals surface area contributed by atoms with E-state index < -0.39 is 0 Å². The van der Waals surface area contributed by atoms with Crippen molar-refractivity contribution in [3.05, 3.63) is 63.6 Å². The highest BCUT2D eigenvalue weighted by Gasteiger charge is 2.19. The second-order valence-electron chi connectivity index (χ2n) is 4.40. The van der Waals surface area contributed by atoms with E-state index in [1.54, 1.807) is 7.11 Å². The van der Waals surface area contributed by atoms with Crippen molar-refractivity contribution >= 4 is 23.2 Å². The summed E-state index contributed by atoms with van der Waals surface area (Å²) < 4.78 is 5.29. The van der Waals surface area contributed by atoms with E-state index in [9.17, 15) is 0 Å². The highest BCUT2D eigenvalue weighted by Crippen LogP contribution is 2.34. The molecule has 0 radical (unpaired) electrons. The minimum Gasteiger partial charge on any atom is -0.497 e. The fraction of sp³-hybridized carbons (Fsp3) is 0.250. The first-order valence-corrected chi connectivity index (χ1v) is 7.24. The normalized spacial score (nSPS) is 12.2. The number of hydrogen-bond donors (Lipinski definition) is 1. The molecule has 1 N–H and O–H groups in total. The molecule has 0 aliphatic rings. The Morgan fingerprint density at radius 1 is 1.10 bits per heavy atom. The minimum atomic E-state index is -0.0590. The van der Waals surface area contributed by atoms with Gasteiger partial charge < -0.3 is 10.1 Å². The van der Waals surface area contributed by atoms with Gasteiger partial charge in [-0.05, 0) is 36.4 Å². The van der Waals surface area contributed by atoms with Crippen LogP contribution in [0.3, 0.4) is 0 Å². The van der Waals surface area contributed by atoms with Gasteiger partial charge in [-0.2, -0.15) is 0 Å². The second kappa shape index (κ2) is 6.98. The summed E-state index contributed by atoms with van der Waals surface area (Å²) in [5, 5.41) is 4.74. The van der Waals surface area contributed by atoms with Gasteiger partial charge >= 0.3 is 0 Å². The third-order valence-electron chi connectivity index (χ3n) is 3.12. The van der Waals surface area contributed by atoms with Gasteiger partial charge in [0, 0.05) is 15.6 Å². The Bertz CT molecular complexity index is 566. The molecule has 0 spiro atoms. The smallest absolute Gasteiger partial charge is 0.119 e. The summed E-state index contributed by atoms with van der Waals surface area (Å²) in [6.45, 7) is 2.86. The lowest BCUT2D eigenvalue weighted by molar-refractivity contribution is 0.413. The molecule has 2 nitrogen and oxygen atoms in total. The van der Waals surface area contributed by atoms with E-state index in [1.807, 2.05) is 42.5 Å². The molecule has 2 rings (SSSR count). The summed E-state index contributed by atoms with van der Waals surface area (Å²) in [6, 6.07) is 13.4. The lowest BCUT2D eigenvalue weighted by atomic mass is 9.98. The van der Waals surface area contributed by atoms with E-state index in [-0.39, 0.29) is 6.04 Å². The van der Waals surface area contributed by atoms with Gasteiger partial charge in [-0.1, -0.05) is 48.3 Å². The van der Waals surface area contributed by atoms with E-state index in [2.05, 4.69) is 12.2 Å². The third kappa shape index (κ3) is 3.26. The van der Waals surface area contributed by atoms with Crippen molar-refractivity contribution in [2.75, 3.05) is 13.7 Å². The Balaban J connectivity index is 2.50. The van der Waals surface area contributed by atoms with Crippen molar-refractivity contribution in [2.45, 2.75) is 13.0 Å². The summed E-state index contributed by atoms with van der Waals surface area (Å²) in [5.74, 6) is 0.813. The molecule has 0 fully saturated rings. The van der Waals surface area contributed by atoms with Crippen LogP contribution in [-0.4, -0.2) is 13.7 Å². The Labute approximate surface area is 129 Å². The molecule has 1 unspecified atom stereocenters. The molecule has 1 atom stereocenters. The van der Waals surface area contributed by atoms with Crippen LogP contribution in [0.2, 0.25) is 10.0 Å². The van der Waals surface area contributed by atoms with Gasteiger partial charge in [-0.3, -0.25) is 0 Å². The van der Waals surface area contributed by atoms with Crippen LogP contribution in [0, 0.1) is 0 Å². The molecule has 0 amide bonds. The molecular formula is C16H17Cl2NO. The van der Waals surface area contributed by atoms with Crippen molar-refractivity contribution in [3.8, 4) is 5.75 Å². The molecule has 0 heterocycles. The standard InChI is InChI=1S/C16H17Cl2NO/c1-3-19-16(11-6-4-7-12(10-11)20-2)15-13(17)8-5-9-14(15)18/h4-10,16,19H,3H2,1-2H3. The van der Waals surface area contributed by atoms with Gasteiger partial charge in [-0.25, -0.2) is 0 Å². The molecule has 20 heavy (non-hydrogen) atoms. The van der Waals surface area contributed by atoms with Crippen LogP contribution in [-0.2, 0) is 0 Å². The number of rotatable bonds is 5. The fourth-order valence-electron chi connectivity index (χ4n) is 2.20. The topological polar surface area (TPSA) is 21.3 Å². The number of ether oxygens (including phenoxy) is 1. The SMILES string of the molecule is CCNC(c1cccc(OC)c1)c1c(Cl)cccc1Cl. The van der Waals surface area contributed by atoms with Crippen molar-refractivity contribution in [2.24, 2.45) is 0 Å². The molecule has 0 saturated heterocycles. The fourth-order valence-corrected chi connectivity index (χ4v) is 2.81. The number of benzene rings is 2. The predicted molar refractivity (Wildman–Crippen MR) is 85.0 cm³/mol. The van der Waals surface area contributed by atoms with E-state index >= 15 is 0 Å². The maximum Gasteiger partial charge on any atom is 0.119 e. The van der Waals surface area contributed by atoms with Gasteiger partial charge in [0.05, 0.1) is 13.2 Å². The van der Waals surface area contributed by atoms with Crippen LogP contribution < -0.4 is 10.1 Å². The summed E-state index contributed by atoms with van der Waals surface area (Å²) in [6.07, 6.45) is 0. The third-order valence-corrected chi connectivity index (χ3v) is 3.78. The first-order valence-electron chi connectivity index (χ1n) is 6.48. The molecule has 2 aromatic carbocycles. The zero-order chi connectivity index (χ0) is 14.5. The lowest BCUT2D eigenvalue weighted by Gasteiger charge is -2.21. The molecule has 0 bridgehead atoms. The van der Waals surface area contributed by atoms with Crippen LogP contribution in [0.25, 0.3) is 0 Å². The van der Waals surface area contributed by atoms with Crippen LogP contribution in [0.15, 0.2) is 42.5 Å². The Hall–Kier alpha value is -1.22. The summed E-state index contributed by atoms with van der Waals surface area (Å²) in [7, 11) is 1.66. The molecule has 0 saturated carbocycles. The quantitative estimate of drug-likeness (QED) is 0.864. The average Bonchev–Trinajstić information content (AvgIpc) is 2.46. The van der Waals surface area contributed by atoms with Crippen LogP contribution in [0.1, 0.15) is 24.1 Å². The summed E-state index contributed by atoms with van der Waals surface area (Å²) in [4.78, 5) is 0. The molecule has 0 aliphatic carbocycles. The van der Waals surface area contributed by atoms with Crippen molar-refractivity contribution in [3.63, 3.8) is 0 Å². The molecule has 106 valence electrons. The van der Waals surface area contributed by atoms with Gasteiger partial charge in [0.1, 0.15) is 5.75 Å². The van der Waals surface area contributed by atoms with E-state index in [1.165, 1.54) is 0 Å². The first-order chi connectivity index (χ1) is 9.67. The largest absolute Gasteiger partial charge is 0.497 e. The van der Waals surface area contributed by atoms with Gasteiger partial charge in [0.2, 0.25) is 0 Å². The Morgan fingerprint density at radius 3 is 2.35 bits per heavy atom. The van der Waals surface area contributed by atoms with Crippen LogP contribution in [0.4, 0.5) is 0 Å².